The molecule has 308 valence electrons. The van der Waals surface area contributed by atoms with Gasteiger partial charge >= 0.3 is 0 Å². The molecule has 5 aliphatic carbocycles. The maximum Gasteiger partial charge on any atom is 0.270 e. The normalized spacial score (nSPS) is 34.9. The van der Waals surface area contributed by atoms with Crippen molar-refractivity contribution in [3.8, 4) is 0 Å². The van der Waals surface area contributed by atoms with Gasteiger partial charge in [0.05, 0.1) is 33.7 Å². The summed E-state index contributed by atoms with van der Waals surface area (Å²) in [5.74, 6) is 3.41. The fraction of sp³-hybridized carbons (Fsp3) is 1.00. The summed E-state index contributed by atoms with van der Waals surface area (Å²) >= 11 is 0. The van der Waals surface area contributed by atoms with Gasteiger partial charge in [-0.25, -0.2) is 8.42 Å². The lowest BCUT2D eigenvalue weighted by Gasteiger charge is -2.14. The van der Waals surface area contributed by atoms with Crippen molar-refractivity contribution in [2.45, 2.75) is 217 Å². The average Bonchev–Trinajstić information content (AvgIpc) is 4.03. The van der Waals surface area contributed by atoms with E-state index in [0.29, 0.717) is 29.4 Å². The standard InChI is InChI=1S/C8H12O2S.C7H10O3S.C6H10O3S.9C2H6/c9-11(10)4-6-1-5-2-7(6)8(11)3-5;8-11(9)7-3-4-1-5(7)6(2-4)10-11;7-10(8)6-3-1-2-5(4-6)9-10;9*1-2/h5-8H,1-4H2;4-7H,1-3H2;5-6H,1-4H2;9*1-2H3. The van der Waals surface area contributed by atoms with Crippen molar-refractivity contribution in [2.24, 2.45) is 29.6 Å². The van der Waals surface area contributed by atoms with E-state index in [2.05, 4.69) is 0 Å². The van der Waals surface area contributed by atoms with Gasteiger partial charge in [0.1, 0.15) is 0 Å². The van der Waals surface area contributed by atoms with Gasteiger partial charge in [-0.3, -0.25) is 8.37 Å². The van der Waals surface area contributed by atoms with E-state index in [0.717, 1.165) is 57.3 Å². The zero-order chi connectivity index (χ0) is 40.5. The van der Waals surface area contributed by atoms with Crippen LogP contribution in [0.25, 0.3) is 0 Å². The van der Waals surface area contributed by atoms with Crippen LogP contribution in [0.15, 0.2) is 0 Å². The van der Waals surface area contributed by atoms with Crippen molar-refractivity contribution in [1.82, 2.24) is 0 Å². The molecule has 10 atom stereocenters. The summed E-state index contributed by atoms with van der Waals surface area (Å²) in [4.78, 5) is 0. The molecule has 8 aliphatic rings. The molecule has 0 aromatic rings. The summed E-state index contributed by atoms with van der Waals surface area (Å²) in [6.45, 7) is 36.0. The molecule has 0 spiro atoms. The van der Waals surface area contributed by atoms with Crippen LogP contribution in [0, 0.1) is 29.6 Å². The molecule has 8 nitrogen and oxygen atoms in total. The molecule has 50 heavy (non-hydrogen) atoms. The van der Waals surface area contributed by atoms with Gasteiger partial charge in [-0.2, -0.15) is 16.8 Å². The van der Waals surface area contributed by atoms with Crippen molar-refractivity contribution >= 4 is 30.1 Å². The van der Waals surface area contributed by atoms with E-state index in [1.165, 1.54) is 12.8 Å². The maximum absolute atomic E-state index is 11.5. The Hall–Kier alpha value is -0.230. The van der Waals surface area contributed by atoms with Crippen molar-refractivity contribution < 1.29 is 33.6 Å². The quantitative estimate of drug-likeness (QED) is 0.223. The topological polar surface area (TPSA) is 121 Å². The largest absolute Gasteiger partial charge is 0.270 e. The monoisotopic (exact) mass is 779 g/mol. The van der Waals surface area contributed by atoms with Crippen LogP contribution in [0.1, 0.15) is 189 Å². The third-order valence-corrected chi connectivity index (χ3v) is 15.3. The number of hydrogen-bond donors (Lipinski definition) is 0. The first-order chi connectivity index (χ1) is 24.0. The average molecular weight is 779 g/mol. The zero-order valence-corrected chi connectivity index (χ0v) is 38.5. The lowest BCUT2D eigenvalue weighted by atomic mass is 9.91. The highest BCUT2D eigenvalue weighted by molar-refractivity contribution is 7.92. The van der Waals surface area contributed by atoms with E-state index in [4.69, 9.17) is 8.37 Å². The smallest absolute Gasteiger partial charge is 0.267 e. The van der Waals surface area contributed by atoms with E-state index in [1.54, 1.807) is 0 Å². The number of hydrogen-bond acceptors (Lipinski definition) is 8. The molecule has 3 heterocycles. The van der Waals surface area contributed by atoms with E-state index in [9.17, 15) is 25.3 Å². The molecule has 6 bridgehead atoms. The molecular weight excluding hydrogens is 693 g/mol. The molecule has 3 aliphatic heterocycles. The van der Waals surface area contributed by atoms with Crippen LogP contribution in [0.3, 0.4) is 0 Å². The molecular formula is C39H86O8S3. The third-order valence-electron chi connectivity index (χ3n) is 9.37. The minimum atomic E-state index is -3.13. The summed E-state index contributed by atoms with van der Waals surface area (Å²) in [6, 6.07) is 0. The Labute approximate surface area is 314 Å². The van der Waals surface area contributed by atoms with Crippen LogP contribution in [0.2, 0.25) is 0 Å². The number of fused-ring (bicyclic) bond motifs is 4. The van der Waals surface area contributed by atoms with Crippen molar-refractivity contribution in [3.63, 3.8) is 0 Å². The summed E-state index contributed by atoms with van der Waals surface area (Å²) in [5, 5.41) is -0.219. The summed E-state index contributed by atoms with van der Waals surface area (Å²) in [6.07, 6.45) is 9.91. The Balaban J connectivity index is -0.000000260. The Morgan fingerprint density at radius 2 is 0.900 bits per heavy atom. The summed E-state index contributed by atoms with van der Waals surface area (Å²) in [5.41, 5.74) is 0. The molecule has 8 rings (SSSR count). The summed E-state index contributed by atoms with van der Waals surface area (Å²) in [7, 11) is -8.89. The highest BCUT2D eigenvalue weighted by Crippen LogP contribution is 2.56. The first kappa shape index (κ1) is 56.5. The number of sulfone groups is 1. The molecule has 0 amide bonds. The minimum Gasteiger partial charge on any atom is -0.267 e. The Bertz CT molecular complexity index is 1040. The van der Waals surface area contributed by atoms with Gasteiger partial charge in [-0.05, 0) is 87.9 Å². The molecule has 0 aromatic heterocycles. The van der Waals surface area contributed by atoms with Crippen LogP contribution in [0.5, 0.6) is 0 Å². The lowest BCUT2D eigenvalue weighted by molar-refractivity contribution is 0.196. The van der Waals surface area contributed by atoms with Gasteiger partial charge in [0.25, 0.3) is 20.2 Å². The highest BCUT2D eigenvalue weighted by Gasteiger charge is 2.59. The number of rotatable bonds is 0. The van der Waals surface area contributed by atoms with Gasteiger partial charge in [0, 0.05) is 5.92 Å². The second kappa shape index (κ2) is 30.1. The molecule has 5 saturated carbocycles. The first-order valence-electron chi connectivity index (χ1n) is 21.1. The SMILES string of the molecule is CC.CC.CC.CC.CC.CC.CC.CC.CC.O=S1(=O)CC2CC3CC2C1C3.O=S1(=O)OC2CC3CC2C1C3.O=S1(=O)OC2CCCC1C2. The molecule has 0 radical (unpaired) electrons. The van der Waals surface area contributed by atoms with Crippen LogP contribution in [-0.4, -0.2) is 59.0 Å². The van der Waals surface area contributed by atoms with Gasteiger partial charge in [-0.15, -0.1) is 0 Å². The van der Waals surface area contributed by atoms with Gasteiger partial charge in [-0.1, -0.05) is 125 Å². The maximum atomic E-state index is 11.5. The predicted molar refractivity (Wildman–Crippen MR) is 218 cm³/mol. The van der Waals surface area contributed by atoms with Crippen molar-refractivity contribution in [2.75, 3.05) is 5.75 Å². The molecule has 3 saturated heterocycles. The Morgan fingerprint density at radius 1 is 0.440 bits per heavy atom. The Kier molecular flexibility index (Phi) is 34.1. The van der Waals surface area contributed by atoms with Gasteiger partial charge in [0.2, 0.25) is 0 Å². The zero-order valence-electron chi connectivity index (χ0n) is 36.0. The predicted octanol–water partition coefficient (Wildman–Crippen LogP) is 11.2. The van der Waals surface area contributed by atoms with Crippen molar-refractivity contribution in [1.29, 1.82) is 0 Å². The highest BCUT2D eigenvalue weighted by atomic mass is 32.2. The molecule has 8 fully saturated rings. The molecule has 0 aromatic carbocycles. The minimum absolute atomic E-state index is 0.0174. The van der Waals surface area contributed by atoms with E-state index >= 15 is 0 Å². The molecule has 0 N–H and O–H groups in total. The Morgan fingerprint density at radius 3 is 1.26 bits per heavy atom. The third kappa shape index (κ3) is 15.3. The molecule has 10 unspecified atom stereocenters. The lowest BCUT2D eigenvalue weighted by Crippen LogP contribution is -2.21. The van der Waals surface area contributed by atoms with E-state index < -0.39 is 30.1 Å². The second-order valence-corrected chi connectivity index (χ2v) is 17.2. The van der Waals surface area contributed by atoms with E-state index in [1.807, 2.05) is 125 Å². The second-order valence-electron chi connectivity index (χ2n) is 11.3. The van der Waals surface area contributed by atoms with Crippen LogP contribution < -0.4 is 0 Å². The first-order valence-corrected chi connectivity index (χ1v) is 25.7. The molecule has 11 heteroatoms. The van der Waals surface area contributed by atoms with Gasteiger partial charge < -0.3 is 0 Å². The van der Waals surface area contributed by atoms with Crippen LogP contribution >= 0.6 is 0 Å². The summed E-state index contributed by atoms with van der Waals surface area (Å²) < 4.78 is 77.4. The van der Waals surface area contributed by atoms with E-state index in [-0.39, 0.29) is 28.0 Å². The fourth-order valence-corrected chi connectivity index (χ4v) is 14.3. The van der Waals surface area contributed by atoms with Crippen LogP contribution in [0.4, 0.5) is 0 Å². The van der Waals surface area contributed by atoms with Crippen molar-refractivity contribution in [3.05, 3.63) is 0 Å². The fourth-order valence-electron chi connectivity index (χ4n) is 8.08. The van der Waals surface area contributed by atoms with Gasteiger partial charge in [0.15, 0.2) is 9.84 Å². The van der Waals surface area contributed by atoms with Crippen LogP contribution in [-0.2, 0) is 38.4 Å².